The molecule has 0 radical (unpaired) electrons. The number of benzene rings is 1. The highest BCUT2D eigenvalue weighted by Gasteiger charge is 2.53. The number of rotatable bonds is 4. The lowest BCUT2D eigenvalue weighted by atomic mass is 9.84. The number of carbonyl (C=O) groups excluding carboxylic acids is 1. The predicted octanol–water partition coefficient (Wildman–Crippen LogP) is 2.48. The van der Waals surface area contributed by atoms with Crippen molar-refractivity contribution < 1.29 is 9.72 Å². The number of hydrogen-bond acceptors (Lipinski definition) is 3. The number of nitrogens with zero attached hydrogens (tertiary/aromatic N) is 2. The molecule has 1 amide bonds. The Hall–Kier alpha value is -1.91. The van der Waals surface area contributed by atoms with Gasteiger partial charge < -0.3 is 4.90 Å². The maximum atomic E-state index is 12.4. The number of nitro groups is 1. The van der Waals surface area contributed by atoms with Crippen LogP contribution in [0.5, 0.6) is 0 Å². The molecule has 1 aromatic rings. The van der Waals surface area contributed by atoms with Crippen LogP contribution in [-0.2, 0) is 11.3 Å². The standard InChI is InChI=1S/C16H20N2O3/c1-11-9-14(19)17(10-12-5-3-2-4-6-12)16(13-7-8-13)15(11)18(20)21/h2-6,11,13,15-16H,7-10H2,1H3/t11-,15+,16?/m0/s1. The van der Waals surface area contributed by atoms with Crippen LogP contribution in [0.4, 0.5) is 0 Å². The molecule has 5 nitrogen and oxygen atoms in total. The zero-order valence-electron chi connectivity index (χ0n) is 12.1. The second-order valence-electron chi connectivity index (χ2n) is 6.29. The minimum atomic E-state index is -0.626. The molecule has 2 aliphatic rings. The van der Waals surface area contributed by atoms with Crippen LogP contribution < -0.4 is 0 Å². The van der Waals surface area contributed by atoms with E-state index in [1.807, 2.05) is 37.3 Å². The molecular weight excluding hydrogens is 268 g/mol. The van der Waals surface area contributed by atoms with Crippen LogP contribution in [-0.4, -0.2) is 27.8 Å². The van der Waals surface area contributed by atoms with E-state index < -0.39 is 6.04 Å². The fourth-order valence-corrected chi connectivity index (χ4v) is 3.48. The molecule has 2 fully saturated rings. The highest BCUT2D eigenvalue weighted by molar-refractivity contribution is 5.78. The fraction of sp³-hybridized carbons (Fsp3) is 0.562. The summed E-state index contributed by atoms with van der Waals surface area (Å²) in [6, 6.07) is 8.87. The zero-order chi connectivity index (χ0) is 15.0. The molecule has 3 rings (SSSR count). The molecule has 0 bridgehead atoms. The van der Waals surface area contributed by atoms with E-state index in [0.717, 1.165) is 18.4 Å². The Morgan fingerprint density at radius 1 is 1.29 bits per heavy atom. The van der Waals surface area contributed by atoms with Crippen LogP contribution in [0.15, 0.2) is 30.3 Å². The van der Waals surface area contributed by atoms with Gasteiger partial charge in [-0.25, -0.2) is 0 Å². The van der Waals surface area contributed by atoms with E-state index in [1.54, 1.807) is 4.90 Å². The fourth-order valence-electron chi connectivity index (χ4n) is 3.48. The van der Waals surface area contributed by atoms with Gasteiger partial charge in [-0.15, -0.1) is 0 Å². The van der Waals surface area contributed by atoms with E-state index in [-0.39, 0.29) is 29.2 Å². The number of hydrogen-bond donors (Lipinski definition) is 0. The van der Waals surface area contributed by atoms with Crippen molar-refractivity contribution in [1.82, 2.24) is 4.90 Å². The molecule has 1 aliphatic heterocycles. The molecule has 21 heavy (non-hydrogen) atoms. The summed E-state index contributed by atoms with van der Waals surface area (Å²) in [6.07, 6.45) is 2.28. The Balaban J connectivity index is 1.88. The van der Waals surface area contributed by atoms with Gasteiger partial charge in [0.15, 0.2) is 0 Å². The molecule has 1 aromatic carbocycles. The van der Waals surface area contributed by atoms with Gasteiger partial charge in [0, 0.05) is 23.8 Å². The molecule has 3 atom stereocenters. The predicted molar refractivity (Wildman–Crippen MR) is 78.1 cm³/mol. The lowest BCUT2D eigenvalue weighted by Gasteiger charge is -2.40. The lowest BCUT2D eigenvalue weighted by Crippen LogP contribution is -2.57. The Kier molecular flexibility index (Phi) is 3.66. The summed E-state index contributed by atoms with van der Waals surface area (Å²) in [7, 11) is 0. The van der Waals surface area contributed by atoms with E-state index in [2.05, 4.69) is 0 Å². The summed E-state index contributed by atoms with van der Waals surface area (Å²) in [6.45, 7) is 2.32. The molecule has 1 heterocycles. The van der Waals surface area contributed by atoms with Crippen LogP contribution in [0.2, 0.25) is 0 Å². The first-order valence-corrected chi connectivity index (χ1v) is 7.55. The Labute approximate surface area is 124 Å². The van der Waals surface area contributed by atoms with Crippen molar-refractivity contribution in [1.29, 1.82) is 0 Å². The molecular formula is C16H20N2O3. The van der Waals surface area contributed by atoms with Crippen molar-refractivity contribution in [3.63, 3.8) is 0 Å². The third kappa shape index (κ3) is 2.77. The number of likely N-dealkylation sites (tertiary alicyclic amines) is 1. The van der Waals surface area contributed by atoms with Gasteiger partial charge in [0.2, 0.25) is 11.9 Å². The zero-order valence-corrected chi connectivity index (χ0v) is 12.1. The maximum absolute atomic E-state index is 12.4. The summed E-state index contributed by atoms with van der Waals surface area (Å²) in [4.78, 5) is 25.5. The van der Waals surface area contributed by atoms with Crippen LogP contribution in [0, 0.1) is 22.0 Å². The lowest BCUT2D eigenvalue weighted by molar-refractivity contribution is -0.542. The molecule has 112 valence electrons. The number of piperidine rings is 1. The molecule has 1 saturated heterocycles. The average molecular weight is 288 g/mol. The minimum Gasteiger partial charge on any atom is -0.328 e. The van der Waals surface area contributed by atoms with Crippen LogP contribution in [0.3, 0.4) is 0 Å². The Morgan fingerprint density at radius 3 is 2.52 bits per heavy atom. The largest absolute Gasteiger partial charge is 0.328 e. The van der Waals surface area contributed by atoms with E-state index in [0.29, 0.717) is 12.5 Å². The SMILES string of the molecule is C[C@H]1CC(=O)N(Cc2ccccc2)C(C2CC2)[C@@H]1[N+](=O)[O-]. The van der Waals surface area contributed by atoms with Gasteiger partial charge in [-0.3, -0.25) is 14.9 Å². The van der Waals surface area contributed by atoms with Gasteiger partial charge in [0.05, 0.1) is 0 Å². The summed E-state index contributed by atoms with van der Waals surface area (Å²) in [5.41, 5.74) is 1.04. The van der Waals surface area contributed by atoms with Crippen molar-refractivity contribution in [2.24, 2.45) is 11.8 Å². The minimum absolute atomic E-state index is 0.0568. The molecule has 1 unspecified atom stereocenters. The molecule has 5 heteroatoms. The number of carbonyl (C=O) groups is 1. The number of amides is 1. The van der Waals surface area contributed by atoms with E-state index in [4.69, 9.17) is 0 Å². The summed E-state index contributed by atoms with van der Waals surface area (Å²) in [5, 5.41) is 11.5. The van der Waals surface area contributed by atoms with Gasteiger partial charge in [-0.05, 0) is 24.3 Å². The third-order valence-electron chi connectivity index (χ3n) is 4.65. The van der Waals surface area contributed by atoms with Crippen molar-refractivity contribution in [2.45, 2.75) is 44.8 Å². The van der Waals surface area contributed by atoms with Crippen molar-refractivity contribution in [3.8, 4) is 0 Å². The van der Waals surface area contributed by atoms with Crippen LogP contribution in [0.1, 0.15) is 31.7 Å². The monoisotopic (exact) mass is 288 g/mol. The van der Waals surface area contributed by atoms with E-state index in [1.165, 1.54) is 0 Å². The second kappa shape index (κ2) is 5.47. The van der Waals surface area contributed by atoms with Gasteiger partial charge in [0.25, 0.3) is 0 Å². The van der Waals surface area contributed by atoms with Gasteiger partial charge in [-0.1, -0.05) is 37.3 Å². The third-order valence-corrected chi connectivity index (χ3v) is 4.65. The van der Waals surface area contributed by atoms with Gasteiger partial charge in [0.1, 0.15) is 6.04 Å². The van der Waals surface area contributed by atoms with E-state index in [9.17, 15) is 14.9 Å². The first kappa shape index (κ1) is 14.0. The first-order chi connectivity index (χ1) is 10.1. The summed E-state index contributed by atoms with van der Waals surface area (Å²) < 4.78 is 0. The molecule has 1 aliphatic carbocycles. The second-order valence-corrected chi connectivity index (χ2v) is 6.29. The normalized spacial score (nSPS) is 29.5. The van der Waals surface area contributed by atoms with Gasteiger partial charge in [-0.2, -0.15) is 0 Å². The van der Waals surface area contributed by atoms with Crippen molar-refractivity contribution >= 4 is 5.91 Å². The van der Waals surface area contributed by atoms with Crippen LogP contribution >= 0.6 is 0 Å². The van der Waals surface area contributed by atoms with Crippen LogP contribution in [0.25, 0.3) is 0 Å². The summed E-state index contributed by atoms with van der Waals surface area (Å²) in [5.74, 6) is 0.183. The van der Waals surface area contributed by atoms with E-state index >= 15 is 0 Å². The Bertz CT molecular complexity index is 542. The molecule has 1 saturated carbocycles. The van der Waals surface area contributed by atoms with Crippen molar-refractivity contribution in [2.75, 3.05) is 0 Å². The summed E-state index contributed by atoms with van der Waals surface area (Å²) >= 11 is 0. The molecule has 0 aromatic heterocycles. The van der Waals surface area contributed by atoms with Gasteiger partial charge >= 0.3 is 0 Å². The smallest absolute Gasteiger partial charge is 0.236 e. The molecule has 0 spiro atoms. The maximum Gasteiger partial charge on any atom is 0.236 e. The van der Waals surface area contributed by atoms with Crippen molar-refractivity contribution in [3.05, 3.63) is 46.0 Å². The topological polar surface area (TPSA) is 63.5 Å². The average Bonchev–Trinajstić information content (AvgIpc) is 3.26. The molecule has 0 N–H and O–H groups in total. The highest BCUT2D eigenvalue weighted by Crippen LogP contribution is 2.42. The highest BCUT2D eigenvalue weighted by atomic mass is 16.6. The first-order valence-electron chi connectivity index (χ1n) is 7.55. The quantitative estimate of drug-likeness (QED) is 0.631. The Morgan fingerprint density at radius 2 is 1.95 bits per heavy atom.